The largest absolute Gasteiger partial charge is 0.383 e. The molecule has 6 heteroatoms. The van der Waals surface area contributed by atoms with Gasteiger partial charge in [0.25, 0.3) is 5.91 Å². The summed E-state index contributed by atoms with van der Waals surface area (Å²) in [6, 6.07) is 11.5. The summed E-state index contributed by atoms with van der Waals surface area (Å²) in [6.45, 7) is 3.21. The fraction of sp³-hybridized carbons (Fsp3) is 0.176. The predicted molar refractivity (Wildman–Crippen MR) is 89.4 cm³/mol. The summed E-state index contributed by atoms with van der Waals surface area (Å²) in [5.41, 5.74) is 1.68. The number of aryl methyl sites for hydroxylation is 1. The molecule has 0 aromatic heterocycles. The van der Waals surface area contributed by atoms with Crippen LogP contribution >= 0.6 is 11.6 Å². The van der Waals surface area contributed by atoms with Crippen LogP contribution in [0.15, 0.2) is 47.6 Å². The standard InChI is InChI=1S/C17H16ClFN2O2/c1-11-3-8-15(9-16(11)19)21-17(22)12(2)23-20-10-13-4-6-14(18)7-5-13/h3-10,12H,1-2H3,(H,21,22)/b20-10+. The predicted octanol–water partition coefficient (Wildman–Crippen LogP) is 4.17. The first-order valence-corrected chi connectivity index (χ1v) is 7.35. The first-order chi connectivity index (χ1) is 11.0. The van der Waals surface area contributed by atoms with E-state index in [0.29, 0.717) is 16.3 Å². The van der Waals surface area contributed by atoms with Crippen LogP contribution in [0.5, 0.6) is 0 Å². The van der Waals surface area contributed by atoms with Crippen LogP contribution in [-0.4, -0.2) is 18.2 Å². The van der Waals surface area contributed by atoms with Gasteiger partial charge in [0.05, 0.1) is 6.21 Å². The van der Waals surface area contributed by atoms with Crippen LogP contribution in [0.2, 0.25) is 5.02 Å². The van der Waals surface area contributed by atoms with E-state index in [1.807, 2.05) is 0 Å². The second kappa shape index (κ2) is 7.74. The number of halogens is 2. The Morgan fingerprint density at radius 1 is 1.30 bits per heavy atom. The Hall–Kier alpha value is -2.40. The van der Waals surface area contributed by atoms with E-state index in [1.54, 1.807) is 50.2 Å². The van der Waals surface area contributed by atoms with E-state index >= 15 is 0 Å². The topological polar surface area (TPSA) is 50.7 Å². The number of hydrogen-bond acceptors (Lipinski definition) is 3. The van der Waals surface area contributed by atoms with Crippen molar-refractivity contribution in [3.63, 3.8) is 0 Å². The zero-order chi connectivity index (χ0) is 16.8. The molecule has 4 nitrogen and oxygen atoms in total. The molecule has 0 bridgehead atoms. The van der Waals surface area contributed by atoms with Crippen molar-refractivity contribution in [3.8, 4) is 0 Å². The van der Waals surface area contributed by atoms with Crippen molar-refractivity contribution < 1.29 is 14.0 Å². The van der Waals surface area contributed by atoms with Crippen LogP contribution < -0.4 is 5.32 Å². The lowest BCUT2D eigenvalue weighted by Crippen LogP contribution is -2.26. The molecule has 2 aromatic rings. The molecule has 0 saturated heterocycles. The lowest BCUT2D eigenvalue weighted by Gasteiger charge is -2.11. The normalized spacial score (nSPS) is 12.2. The van der Waals surface area contributed by atoms with Gasteiger partial charge in [0.1, 0.15) is 5.82 Å². The summed E-state index contributed by atoms with van der Waals surface area (Å²) in [5.74, 6) is -0.793. The summed E-state index contributed by atoms with van der Waals surface area (Å²) >= 11 is 5.78. The van der Waals surface area contributed by atoms with E-state index in [9.17, 15) is 9.18 Å². The summed E-state index contributed by atoms with van der Waals surface area (Å²) < 4.78 is 13.4. The Morgan fingerprint density at radius 2 is 2.00 bits per heavy atom. The molecule has 0 fully saturated rings. The van der Waals surface area contributed by atoms with Crippen LogP contribution in [0.25, 0.3) is 0 Å². The highest BCUT2D eigenvalue weighted by atomic mass is 35.5. The second-order valence-electron chi connectivity index (χ2n) is 4.99. The Bertz CT molecular complexity index is 717. The number of oxime groups is 1. The highest BCUT2D eigenvalue weighted by molar-refractivity contribution is 6.30. The Balaban J connectivity index is 1.89. The minimum Gasteiger partial charge on any atom is -0.383 e. The molecular formula is C17H16ClFN2O2. The third kappa shape index (κ3) is 5.07. The van der Waals surface area contributed by atoms with Gasteiger partial charge < -0.3 is 10.2 Å². The molecule has 0 saturated carbocycles. The van der Waals surface area contributed by atoms with Gasteiger partial charge in [-0.05, 0) is 49.2 Å². The molecule has 1 unspecified atom stereocenters. The highest BCUT2D eigenvalue weighted by Gasteiger charge is 2.14. The number of amides is 1. The van der Waals surface area contributed by atoms with Gasteiger partial charge in [0.15, 0.2) is 0 Å². The molecule has 0 radical (unpaired) electrons. The molecule has 0 aliphatic heterocycles. The Labute approximate surface area is 138 Å². The third-order valence-corrected chi connectivity index (χ3v) is 3.35. The van der Waals surface area contributed by atoms with Crippen molar-refractivity contribution in [1.82, 2.24) is 0 Å². The first-order valence-electron chi connectivity index (χ1n) is 6.97. The quantitative estimate of drug-likeness (QED) is 0.659. The zero-order valence-electron chi connectivity index (χ0n) is 12.7. The summed E-state index contributed by atoms with van der Waals surface area (Å²) in [7, 11) is 0. The van der Waals surface area contributed by atoms with Crippen molar-refractivity contribution in [3.05, 3.63) is 64.4 Å². The second-order valence-corrected chi connectivity index (χ2v) is 5.42. The number of anilines is 1. The van der Waals surface area contributed by atoms with Gasteiger partial charge in [0.2, 0.25) is 6.10 Å². The van der Waals surface area contributed by atoms with Gasteiger partial charge in [-0.15, -0.1) is 0 Å². The Morgan fingerprint density at radius 3 is 2.65 bits per heavy atom. The molecular weight excluding hydrogens is 319 g/mol. The van der Waals surface area contributed by atoms with Gasteiger partial charge in [-0.1, -0.05) is 35.0 Å². The summed E-state index contributed by atoms with van der Waals surface area (Å²) in [5, 5.41) is 6.96. The van der Waals surface area contributed by atoms with E-state index in [2.05, 4.69) is 10.5 Å². The Kier molecular flexibility index (Phi) is 5.71. The monoisotopic (exact) mass is 334 g/mol. The lowest BCUT2D eigenvalue weighted by molar-refractivity contribution is -0.126. The van der Waals surface area contributed by atoms with Gasteiger partial charge in [0, 0.05) is 10.7 Å². The van der Waals surface area contributed by atoms with Crippen LogP contribution in [0.4, 0.5) is 10.1 Å². The molecule has 120 valence electrons. The van der Waals surface area contributed by atoms with Crippen LogP contribution in [0, 0.1) is 12.7 Å². The number of nitrogens with one attached hydrogen (secondary N) is 1. The average Bonchev–Trinajstić information content (AvgIpc) is 2.52. The van der Waals surface area contributed by atoms with E-state index < -0.39 is 12.0 Å². The number of carbonyl (C=O) groups is 1. The first kappa shape index (κ1) is 17.0. The maximum atomic E-state index is 13.4. The molecule has 0 spiro atoms. The SMILES string of the molecule is Cc1ccc(NC(=O)C(C)O/N=C/c2ccc(Cl)cc2)cc1F. The molecule has 1 N–H and O–H groups in total. The van der Waals surface area contributed by atoms with Crippen molar-refractivity contribution in [1.29, 1.82) is 0 Å². The maximum absolute atomic E-state index is 13.4. The van der Waals surface area contributed by atoms with Crippen LogP contribution in [0.3, 0.4) is 0 Å². The third-order valence-electron chi connectivity index (χ3n) is 3.10. The average molecular weight is 335 g/mol. The van der Waals surface area contributed by atoms with Gasteiger partial charge in [-0.2, -0.15) is 0 Å². The summed E-state index contributed by atoms with van der Waals surface area (Å²) in [4.78, 5) is 17.0. The maximum Gasteiger partial charge on any atom is 0.267 e. The van der Waals surface area contributed by atoms with Crippen molar-refractivity contribution in [2.24, 2.45) is 5.16 Å². The molecule has 0 heterocycles. The fourth-order valence-corrected chi connectivity index (χ4v) is 1.82. The number of hydrogen-bond donors (Lipinski definition) is 1. The summed E-state index contributed by atoms with van der Waals surface area (Å²) in [6.07, 6.45) is 0.661. The molecule has 1 amide bonds. The molecule has 0 aliphatic rings. The highest BCUT2D eigenvalue weighted by Crippen LogP contribution is 2.14. The molecule has 1 atom stereocenters. The molecule has 2 rings (SSSR count). The molecule has 0 aliphatic carbocycles. The number of benzene rings is 2. The smallest absolute Gasteiger partial charge is 0.267 e. The van der Waals surface area contributed by atoms with E-state index in [4.69, 9.17) is 16.4 Å². The van der Waals surface area contributed by atoms with Gasteiger partial charge in [-0.25, -0.2) is 4.39 Å². The number of carbonyl (C=O) groups excluding carboxylic acids is 1. The van der Waals surface area contributed by atoms with E-state index in [0.717, 1.165) is 5.56 Å². The van der Waals surface area contributed by atoms with Crippen LogP contribution in [0.1, 0.15) is 18.1 Å². The minimum absolute atomic E-state index is 0.371. The van der Waals surface area contributed by atoms with Crippen LogP contribution in [-0.2, 0) is 9.63 Å². The van der Waals surface area contributed by atoms with Gasteiger partial charge in [-0.3, -0.25) is 4.79 Å². The van der Waals surface area contributed by atoms with Crippen molar-refractivity contribution in [2.75, 3.05) is 5.32 Å². The molecule has 23 heavy (non-hydrogen) atoms. The van der Waals surface area contributed by atoms with Crippen molar-refractivity contribution in [2.45, 2.75) is 20.0 Å². The zero-order valence-corrected chi connectivity index (χ0v) is 13.5. The fourth-order valence-electron chi connectivity index (χ4n) is 1.69. The van der Waals surface area contributed by atoms with E-state index in [-0.39, 0.29) is 5.82 Å². The lowest BCUT2D eigenvalue weighted by atomic mass is 10.2. The van der Waals surface area contributed by atoms with Gasteiger partial charge >= 0.3 is 0 Å². The number of rotatable bonds is 5. The molecule has 2 aromatic carbocycles. The minimum atomic E-state index is -0.817. The van der Waals surface area contributed by atoms with E-state index in [1.165, 1.54) is 12.3 Å². The van der Waals surface area contributed by atoms with Crippen molar-refractivity contribution >= 4 is 29.4 Å². The number of nitrogens with zero attached hydrogens (tertiary/aromatic N) is 1.